The number of hydrogen-bond donors (Lipinski definition) is 2. The molecule has 0 atom stereocenters. The first-order valence-electron chi connectivity index (χ1n) is 11.6. The number of sulfone groups is 1. The number of ketones is 1. The Morgan fingerprint density at radius 1 is 0.974 bits per heavy atom. The van der Waals surface area contributed by atoms with E-state index in [1.165, 1.54) is 28.9 Å². The number of hydrogen-bond acceptors (Lipinski definition) is 8. The van der Waals surface area contributed by atoms with Crippen LogP contribution in [-0.2, 0) is 34.1 Å². The molecule has 0 unspecified atom stereocenters. The van der Waals surface area contributed by atoms with E-state index >= 15 is 0 Å². The molecule has 0 radical (unpaired) electrons. The van der Waals surface area contributed by atoms with E-state index in [0.29, 0.717) is 17.0 Å². The Kier molecular flexibility index (Phi) is 6.64. The summed E-state index contributed by atoms with van der Waals surface area (Å²) in [6.45, 7) is 0.397. The van der Waals surface area contributed by atoms with E-state index in [-0.39, 0.29) is 48.2 Å². The molecule has 0 saturated heterocycles. The quantitative estimate of drug-likeness (QED) is 0.363. The molecule has 2 amide bonds. The maximum atomic E-state index is 13.0. The number of aromatic nitrogens is 3. The van der Waals surface area contributed by atoms with Crippen LogP contribution in [0.2, 0.25) is 0 Å². The van der Waals surface area contributed by atoms with Crippen LogP contribution in [0, 0.1) is 0 Å². The topological polar surface area (TPSA) is 149 Å². The van der Waals surface area contributed by atoms with Crippen molar-refractivity contribution in [3.63, 3.8) is 0 Å². The zero-order valence-electron chi connectivity index (χ0n) is 20.3. The van der Waals surface area contributed by atoms with Crippen molar-refractivity contribution in [2.45, 2.75) is 24.4 Å². The van der Waals surface area contributed by atoms with Crippen LogP contribution in [0.4, 0.5) is 0 Å². The van der Waals surface area contributed by atoms with Gasteiger partial charge in [-0.05, 0) is 35.4 Å². The second-order valence-corrected chi connectivity index (χ2v) is 10.9. The number of rotatable bonds is 7. The average molecular weight is 534 g/mol. The van der Waals surface area contributed by atoms with Crippen molar-refractivity contribution >= 4 is 33.1 Å². The number of amides is 2. The summed E-state index contributed by atoms with van der Waals surface area (Å²) >= 11 is 0. The van der Waals surface area contributed by atoms with E-state index in [2.05, 4.69) is 20.7 Å². The van der Waals surface area contributed by atoms with Crippen LogP contribution in [0.25, 0.3) is 5.65 Å². The van der Waals surface area contributed by atoms with Gasteiger partial charge in [0.2, 0.25) is 0 Å². The number of carbonyl (C=O) groups is 3. The smallest absolute Gasteiger partial charge is 0.270 e. The average Bonchev–Trinajstić information content (AvgIpc) is 3.38. The number of benzene rings is 2. The Labute approximate surface area is 217 Å². The molecule has 0 bridgehead atoms. The molecule has 0 aliphatic carbocycles. The van der Waals surface area contributed by atoms with Crippen LogP contribution in [0.1, 0.15) is 37.7 Å². The molecule has 2 aromatic carbocycles. The summed E-state index contributed by atoms with van der Waals surface area (Å²) in [7, 11) is -3.32. The van der Waals surface area contributed by atoms with Crippen molar-refractivity contribution in [3.8, 4) is 5.75 Å². The molecule has 2 N–H and O–H groups in total. The lowest BCUT2D eigenvalue weighted by Gasteiger charge is -2.17. The maximum Gasteiger partial charge on any atom is 0.270 e. The van der Waals surface area contributed by atoms with Crippen LogP contribution in [0.5, 0.6) is 5.75 Å². The SMILES string of the molecule is CS(=O)(=O)c1ccc(CNC(=O)c2cc(C(=O)NCc3ccc4c(c3)CC(=O)CO4)nc3ccnn23)cc1. The lowest BCUT2D eigenvalue weighted by molar-refractivity contribution is -0.121. The molecule has 0 saturated carbocycles. The summed E-state index contributed by atoms with van der Waals surface area (Å²) in [5.41, 5.74) is 2.74. The van der Waals surface area contributed by atoms with Gasteiger partial charge < -0.3 is 15.4 Å². The van der Waals surface area contributed by atoms with Gasteiger partial charge in [-0.1, -0.05) is 18.2 Å². The maximum absolute atomic E-state index is 13.0. The van der Waals surface area contributed by atoms with E-state index in [1.54, 1.807) is 24.3 Å². The first kappa shape index (κ1) is 25.1. The Hall–Kier alpha value is -4.58. The molecule has 38 heavy (non-hydrogen) atoms. The molecule has 0 spiro atoms. The lowest BCUT2D eigenvalue weighted by Crippen LogP contribution is -2.28. The third-order valence-corrected chi connectivity index (χ3v) is 7.11. The highest BCUT2D eigenvalue weighted by molar-refractivity contribution is 7.90. The fourth-order valence-corrected chi connectivity index (χ4v) is 4.67. The normalized spacial score (nSPS) is 13.0. The van der Waals surface area contributed by atoms with E-state index in [0.717, 1.165) is 17.4 Å². The monoisotopic (exact) mass is 533 g/mol. The minimum atomic E-state index is -3.32. The minimum absolute atomic E-state index is 0.00581. The zero-order chi connectivity index (χ0) is 26.9. The summed E-state index contributed by atoms with van der Waals surface area (Å²) in [5, 5.41) is 9.69. The van der Waals surface area contributed by atoms with Crippen molar-refractivity contribution in [2.75, 3.05) is 12.9 Å². The van der Waals surface area contributed by atoms with E-state index < -0.39 is 21.7 Å². The molecule has 4 aromatic rings. The standard InChI is InChI=1S/C26H23N5O6S/c1-38(35,36)20-5-2-16(3-6-20)13-28-26(34)22-12-21(30-24-8-9-29-31(22)24)25(33)27-14-17-4-7-23-18(10-17)11-19(32)15-37-23/h2-10,12H,11,13-15H2,1H3,(H,27,33)(H,28,34). The van der Waals surface area contributed by atoms with Gasteiger partial charge in [-0.15, -0.1) is 0 Å². The summed E-state index contributed by atoms with van der Waals surface area (Å²) in [4.78, 5) is 42.1. The number of nitrogens with one attached hydrogen (secondary N) is 2. The summed E-state index contributed by atoms with van der Waals surface area (Å²) in [5.74, 6) is -0.311. The largest absolute Gasteiger partial charge is 0.486 e. The van der Waals surface area contributed by atoms with Crippen molar-refractivity contribution < 1.29 is 27.5 Å². The highest BCUT2D eigenvalue weighted by Gasteiger charge is 2.19. The minimum Gasteiger partial charge on any atom is -0.486 e. The van der Waals surface area contributed by atoms with E-state index in [1.807, 2.05) is 12.1 Å². The van der Waals surface area contributed by atoms with Crippen LogP contribution >= 0.6 is 0 Å². The van der Waals surface area contributed by atoms with Crippen molar-refractivity contribution in [1.82, 2.24) is 25.2 Å². The number of fused-ring (bicyclic) bond motifs is 2. The second kappa shape index (κ2) is 10.1. The van der Waals surface area contributed by atoms with Crippen molar-refractivity contribution in [1.29, 1.82) is 0 Å². The van der Waals surface area contributed by atoms with Crippen LogP contribution in [0.3, 0.4) is 0 Å². The predicted octanol–water partition coefficient (Wildman–Crippen LogP) is 1.50. The van der Waals surface area contributed by atoms with Gasteiger partial charge >= 0.3 is 0 Å². The molecule has 0 fully saturated rings. The van der Waals surface area contributed by atoms with Gasteiger partial charge in [0.15, 0.2) is 21.3 Å². The van der Waals surface area contributed by atoms with Gasteiger partial charge in [0.05, 0.1) is 11.1 Å². The summed E-state index contributed by atoms with van der Waals surface area (Å²) in [6.07, 6.45) is 2.89. The third-order valence-electron chi connectivity index (χ3n) is 5.98. The lowest BCUT2D eigenvalue weighted by atomic mass is 10.0. The van der Waals surface area contributed by atoms with Crippen molar-refractivity contribution in [2.24, 2.45) is 0 Å². The Bertz CT molecular complexity index is 1680. The summed E-state index contributed by atoms with van der Waals surface area (Å²) < 4.78 is 30.0. The van der Waals surface area contributed by atoms with Gasteiger partial charge in [0, 0.05) is 43.5 Å². The molecule has 12 heteroatoms. The van der Waals surface area contributed by atoms with E-state index in [9.17, 15) is 22.8 Å². The molecule has 5 rings (SSSR count). The summed E-state index contributed by atoms with van der Waals surface area (Å²) in [6, 6.07) is 14.5. The van der Waals surface area contributed by atoms with Crippen LogP contribution in [-0.4, -0.2) is 53.5 Å². The molecule has 1 aliphatic rings. The molecule has 1 aliphatic heterocycles. The first-order chi connectivity index (χ1) is 18.2. The first-order valence-corrected chi connectivity index (χ1v) is 13.5. The predicted molar refractivity (Wildman–Crippen MR) is 136 cm³/mol. The Morgan fingerprint density at radius 3 is 2.45 bits per heavy atom. The van der Waals surface area contributed by atoms with Crippen molar-refractivity contribution in [3.05, 3.63) is 88.9 Å². The van der Waals surface area contributed by atoms with Gasteiger partial charge in [0.25, 0.3) is 11.8 Å². The highest BCUT2D eigenvalue weighted by atomic mass is 32.2. The highest BCUT2D eigenvalue weighted by Crippen LogP contribution is 2.24. The molecule has 2 aromatic heterocycles. The number of ether oxygens (including phenoxy) is 1. The second-order valence-electron chi connectivity index (χ2n) is 8.86. The molecule has 11 nitrogen and oxygen atoms in total. The zero-order valence-corrected chi connectivity index (χ0v) is 21.1. The fraction of sp³-hybridized carbons (Fsp3) is 0.192. The van der Waals surface area contributed by atoms with E-state index in [4.69, 9.17) is 4.74 Å². The molecule has 194 valence electrons. The molecular formula is C26H23N5O6S. The van der Waals surface area contributed by atoms with Gasteiger partial charge in [-0.25, -0.2) is 17.9 Å². The molecular weight excluding hydrogens is 510 g/mol. The van der Waals surface area contributed by atoms with Gasteiger partial charge in [-0.3, -0.25) is 14.4 Å². The van der Waals surface area contributed by atoms with Crippen LogP contribution < -0.4 is 15.4 Å². The van der Waals surface area contributed by atoms with Gasteiger partial charge in [-0.2, -0.15) is 5.10 Å². The van der Waals surface area contributed by atoms with Crippen LogP contribution in [0.15, 0.2) is 65.7 Å². The number of nitrogens with zero attached hydrogens (tertiary/aromatic N) is 3. The molecule has 3 heterocycles. The Morgan fingerprint density at radius 2 is 1.68 bits per heavy atom. The Balaban J connectivity index is 1.29. The fourth-order valence-electron chi connectivity index (χ4n) is 4.03. The number of Topliss-reactive ketones (excluding diaryl/α,β-unsaturated/α-hetero) is 1. The number of carbonyl (C=O) groups excluding carboxylic acids is 3. The third kappa shape index (κ3) is 5.39. The van der Waals surface area contributed by atoms with Gasteiger partial charge in [0.1, 0.15) is 23.7 Å².